The van der Waals surface area contributed by atoms with E-state index in [2.05, 4.69) is 4.90 Å². The first-order valence-electron chi connectivity index (χ1n) is 7.17. The highest BCUT2D eigenvalue weighted by atomic mass is 19.1. The number of nitrogens with two attached hydrogens (primary N) is 1. The Balaban J connectivity index is 1.89. The lowest BCUT2D eigenvalue weighted by molar-refractivity contribution is 0.321. The molecular formula is C15H21FN2O. The van der Waals surface area contributed by atoms with Crippen molar-refractivity contribution in [1.29, 1.82) is 0 Å². The minimum Gasteiger partial charge on any atom is -0.491 e. The predicted octanol–water partition coefficient (Wildman–Crippen LogP) is 3.19. The molecule has 0 bridgehead atoms. The molecule has 1 aromatic rings. The fraction of sp³-hybridized carbons (Fsp3) is 0.600. The standard InChI is InChI=1S/C15H21FN2O/c1-2-19-15-8-14(13(17)7-12(15)16)18(11-5-6-11)9-10-3-4-10/h7-8,10-11H,2-6,9,17H2,1H3. The average Bonchev–Trinajstić information content (AvgIpc) is 3.25. The Bertz CT molecular complexity index is 469. The molecule has 0 amide bonds. The third kappa shape index (κ3) is 2.77. The zero-order valence-electron chi connectivity index (χ0n) is 11.4. The molecule has 2 fully saturated rings. The van der Waals surface area contributed by atoms with Crippen LogP contribution in [-0.2, 0) is 0 Å². The molecule has 0 aliphatic heterocycles. The van der Waals surface area contributed by atoms with Gasteiger partial charge < -0.3 is 15.4 Å². The van der Waals surface area contributed by atoms with Crippen molar-refractivity contribution < 1.29 is 9.13 Å². The van der Waals surface area contributed by atoms with Gasteiger partial charge in [0, 0.05) is 24.7 Å². The molecule has 0 heterocycles. The second-order valence-corrected chi connectivity index (χ2v) is 5.60. The Kier molecular flexibility index (Phi) is 3.25. The van der Waals surface area contributed by atoms with Crippen LogP contribution in [0.5, 0.6) is 5.75 Å². The van der Waals surface area contributed by atoms with Crippen LogP contribution in [0.3, 0.4) is 0 Å². The summed E-state index contributed by atoms with van der Waals surface area (Å²) in [4.78, 5) is 2.36. The van der Waals surface area contributed by atoms with Gasteiger partial charge in [-0.2, -0.15) is 0 Å². The van der Waals surface area contributed by atoms with Gasteiger partial charge in [-0.25, -0.2) is 4.39 Å². The van der Waals surface area contributed by atoms with E-state index in [1.165, 1.54) is 31.7 Å². The fourth-order valence-corrected chi connectivity index (χ4v) is 2.48. The van der Waals surface area contributed by atoms with Crippen LogP contribution in [0.4, 0.5) is 15.8 Å². The highest BCUT2D eigenvalue weighted by molar-refractivity contribution is 5.71. The van der Waals surface area contributed by atoms with Crippen LogP contribution in [0.1, 0.15) is 32.6 Å². The van der Waals surface area contributed by atoms with E-state index in [1.807, 2.05) is 6.92 Å². The average molecular weight is 264 g/mol. The lowest BCUT2D eigenvalue weighted by atomic mass is 10.2. The number of nitrogens with zero attached hydrogens (tertiary/aromatic N) is 1. The molecule has 0 radical (unpaired) electrons. The maximum atomic E-state index is 13.7. The zero-order chi connectivity index (χ0) is 13.4. The van der Waals surface area contributed by atoms with E-state index in [0.29, 0.717) is 24.1 Å². The Morgan fingerprint density at radius 2 is 2.05 bits per heavy atom. The summed E-state index contributed by atoms with van der Waals surface area (Å²) in [6.45, 7) is 3.37. The molecule has 2 saturated carbocycles. The Morgan fingerprint density at radius 3 is 2.63 bits per heavy atom. The predicted molar refractivity (Wildman–Crippen MR) is 75.1 cm³/mol. The summed E-state index contributed by atoms with van der Waals surface area (Å²) < 4.78 is 19.1. The van der Waals surface area contributed by atoms with Gasteiger partial charge in [-0.3, -0.25) is 0 Å². The molecule has 104 valence electrons. The molecule has 0 atom stereocenters. The second kappa shape index (κ2) is 4.91. The SMILES string of the molecule is CCOc1cc(N(CC2CC2)C2CC2)c(N)cc1F. The first kappa shape index (κ1) is 12.6. The van der Waals surface area contributed by atoms with Crippen LogP contribution in [0, 0.1) is 11.7 Å². The molecular weight excluding hydrogens is 243 g/mol. The highest BCUT2D eigenvalue weighted by Gasteiger charge is 2.35. The molecule has 3 rings (SSSR count). The molecule has 19 heavy (non-hydrogen) atoms. The summed E-state index contributed by atoms with van der Waals surface area (Å²) in [5.74, 6) is 0.735. The number of anilines is 2. The van der Waals surface area contributed by atoms with Crippen LogP contribution in [-0.4, -0.2) is 19.2 Å². The van der Waals surface area contributed by atoms with Crippen LogP contribution in [0.15, 0.2) is 12.1 Å². The van der Waals surface area contributed by atoms with Crippen LogP contribution in [0.25, 0.3) is 0 Å². The smallest absolute Gasteiger partial charge is 0.167 e. The third-order valence-corrected chi connectivity index (χ3v) is 3.83. The first-order valence-corrected chi connectivity index (χ1v) is 7.17. The minimum atomic E-state index is -0.370. The highest BCUT2D eigenvalue weighted by Crippen LogP contribution is 2.41. The van der Waals surface area contributed by atoms with Crippen LogP contribution >= 0.6 is 0 Å². The topological polar surface area (TPSA) is 38.5 Å². The lowest BCUT2D eigenvalue weighted by Gasteiger charge is -2.26. The van der Waals surface area contributed by atoms with Gasteiger partial charge in [-0.05, 0) is 38.5 Å². The number of hydrogen-bond donors (Lipinski definition) is 1. The summed E-state index contributed by atoms with van der Waals surface area (Å²) in [6, 6.07) is 3.75. The van der Waals surface area contributed by atoms with Crippen molar-refractivity contribution in [3.8, 4) is 5.75 Å². The van der Waals surface area contributed by atoms with E-state index < -0.39 is 0 Å². The maximum absolute atomic E-state index is 13.7. The van der Waals surface area contributed by atoms with Crippen molar-refractivity contribution in [3.05, 3.63) is 17.9 Å². The Morgan fingerprint density at radius 1 is 1.32 bits per heavy atom. The van der Waals surface area contributed by atoms with E-state index in [0.717, 1.165) is 18.2 Å². The summed E-state index contributed by atoms with van der Waals surface area (Å²) in [6.07, 6.45) is 5.05. The molecule has 0 unspecified atom stereocenters. The van der Waals surface area contributed by atoms with Gasteiger partial charge in [0.2, 0.25) is 0 Å². The van der Waals surface area contributed by atoms with Crippen molar-refractivity contribution in [2.45, 2.75) is 38.6 Å². The summed E-state index contributed by atoms with van der Waals surface area (Å²) in [5, 5.41) is 0. The van der Waals surface area contributed by atoms with Crippen molar-refractivity contribution in [3.63, 3.8) is 0 Å². The molecule has 2 N–H and O–H groups in total. The largest absolute Gasteiger partial charge is 0.491 e. The lowest BCUT2D eigenvalue weighted by Crippen LogP contribution is -2.29. The van der Waals surface area contributed by atoms with E-state index in [-0.39, 0.29) is 5.82 Å². The van der Waals surface area contributed by atoms with E-state index in [9.17, 15) is 4.39 Å². The summed E-state index contributed by atoms with van der Waals surface area (Å²) in [5.41, 5.74) is 7.48. The molecule has 4 heteroatoms. The number of hydrogen-bond acceptors (Lipinski definition) is 3. The second-order valence-electron chi connectivity index (χ2n) is 5.60. The van der Waals surface area contributed by atoms with E-state index in [1.54, 1.807) is 6.07 Å². The quantitative estimate of drug-likeness (QED) is 0.802. The number of halogens is 1. The summed E-state index contributed by atoms with van der Waals surface area (Å²) >= 11 is 0. The Labute approximate surface area is 113 Å². The number of rotatable bonds is 6. The third-order valence-electron chi connectivity index (χ3n) is 3.83. The van der Waals surface area contributed by atoms with Gasteiger partial charge in [0.25, 0.3) is 0 Å². The maximum Gasteiger partial charge on any atom is 0.167 e. The number of nitrogen functional groups attached to an aromatic ring is 1. The normalized spacial score (nSPS) is 18.4. The van der Waals surface area contributed by atoms with Gasteiger partial charge in [-0.1, -0.05) is 0 Å². The first-order chi connectivity index (χ1) is 9.19. The van der Waals surface area contributed by atoms with Crippen molar-refractivity contribution in [2.24, 2.45) is 5.92 Å². The molecule has 0 spiro atoms. The van der Waals surface area contributed by atoms with Gasteiger partial charge in [0.15, 0.2) is 11.6 Å². The van der Waals surface area contributed by atoms with Gasteiger partial charge in [0.1, 0.15) is 0 Å². The van der Waals surface area contributed by atoms with Crippen molar-refractivity contribution >= 4 is 11.4 Å². The van der Waals surface area contributed by atoms with Gasteiger partial charge >= 0.3 is 0 Å². The number of ether oxygens (including phenoxy) is 1. The molecule has 3 nitrogen and oxygen atoms in total. The summed E-state index contributed by atoms with van der Waals surface area (Å²) in [7, 11) is 0. The molecule has 0 saturated heterocycles. The Hall–Kier alpha value is -1.45. The van der Waals surface area contributed by atoms with Crippen LogP contribution < -0.4 is 15.4 Å². The molecule has 0 aromatic heterocycles. The fourth-order valence-electron chi connectivity index (χ4n) is 2.48. The van der Waals surface area contributed by atoms with E-state index >= 15 is 0 Å². The zero-order valence-corrected chi connectivity index (χ0v) is 11.4. The van der Waals surface area contributed by atoms with Gasteiger partial charge in [0.05, 0.1) is 18.0 Å². The van der Waals surface area contributed by atoms with Gasteiger partial charge in [-0.15, -0.1) is 0 Å². The molecule has 2 aliphatic rings. The molecule has 2 aliphatic carbocycles. The van der Waals surface area contributed by atoms with E-state index in [4.69, 9.17) is 10.5 Å². The monoisotopic (exact) mass is 264 g/mol. The minimum absolute atomic E-state index is 0.313. The number of benzene rings is 1. The van der Waals surface area contributed by atoms with Crippen LogP contribution in [0.2, 0.25) is 0 Å². The van der Waals surface area contributed by atoms with Crippen molar-refractivity contribution in [1.82, 2.24) is 0 Å². The van der Waals surface area contributed by atoms with Crippen molar-refractivity contribution in [2.75, 3.05) is 23.8 Å². The molecule has 1 aromatic carbocycles.